The average molecular weight is 271 g/mol. The van der Waals surface area contributed by atoms with Crippen LogP contribution in [0.15, 0.2) is 36.8 Å². The van der Waals surface area contributed by atoms with Gasteiger partial charge in [0.2, 0.25) is 0 Å². The van der Waals surface area contributed by atoms with Crippen molar-refractivity contribution in [1.29, 1.82) is 0 Å². The van der Waals surface area contributed by atoms with Crippen molar-refractivity contribution in [3.63, 3.8) is 0 Å². The molecule has 2 aromatic heterocycles. The minimum Gasteiger partial charge on any atom is -0.275 e. The van der Waals surface area contributed by atoms with Crippen LogP contribution in [-0.2, 0) is 7.05 Å². The Kier molecular flexibility index (Phi) is 4.13. The smallest absolute Gasteiger partial charge is 0.126 e. The Hall–Kier alpha value is -2.23. The van der Waals surface area contributed by atoms with Gasteiger partial charge >= 0.3 is 0 Å². The maximum absolute atomic E-state index is 13.4. The van der Waals surface area contributed by atoms with E-state index in [1.54, 1.807) is 30.1 Å². The quantitative estimate of drug-likeness (QED) is 0.667. The lowest BCUT2D eigenvalue weighted by Gasteiger charge is -2.04. The van der Waals surface area contributed by atoms with E-state index in [9.17, 15) is 4.39 Å². The SMILES string of the molecule is CC.Cc1c(F)ccc2cc(-c3cnn(C)c3)ncc12. The van der Waals surface area contributed by atoms with Crippen LogP contribution in [0.4, 0.5) is 4.39 Å². The zero-order valence-corrected chi connectivity index (χ0v) is 12.2. The standard InChI is InChI=1S/C14H12FN3.C2H6/c1-9-12-7-16-14(11-6-17-18(2)8-11)5-10(12)3-4-13(9)15;1-2/h3-8H,1-2H3;1-2H3. The van der Waals surface area contributed by atoms with Crippen LogP contribution < -0.4 is 0 Å². The largest absolute Gasteiger partial charge is 0.275 e. The van der Waals surface area contributed by atoms with E-state index in [-0.39, 0.29) is 5.82 Å². The van der Waals surface area contributed by atoms with E-state index in [1.807, 2.05) is 33.2 Å². The van der Waals surface area contributed by atoms with Gasteiger partial charge in [0.25, 0.3) is 0 Å². The molecule has 1 aromatic carbocycles. The van der Waals surface area contributed by atoms with Gasteiger partial charge < -0.3 is 0 Å². The highest BCUT2D eigenvalue weighted by molar-refractivity contribution is 5.87. The van der Waals surface area contributed by atoms with Crippen molar-refractivity contribution in [2.75, 3.05) is 0 Å². The van der Waals surface area contributed by atoms with E-state index in [0.29, 0.717) is 5.56 Å². The summed E-state index contributed by atoms with van der Waals surface area (Å²) in [6.07, 6.45) is 5.39. The van der Waals surface area contributed by atoms with Crippen molar-refractivity contribution >= 4 is 10.8 Å². The minimum absolute atomic E-state index is 0.196. The summed E-state index contributed by atoms with van der Waals surface area (Å²) >= 11 is 0. The first-order chi connectivity index (χ1) is 9.65. The maximum Gasteiger partial charge on any atom is 0.126 e. The van der Waals surface area contributed by atoms with Crippen LogP contribution in [0, 0.1) is 12.7 Å². The number of hydrogen-bond donors (Lipinski definition) is 0. The zero-order valence-electron chi connectivity index (χ0n) is 12.2. The summed E-state index contributed by atoms with van der Waals surface area (Å²) in [5, 5.41) is 5.96. The summed E-state index contributed by atoms with van der Waals surface area (Å²) in [5.41, 5.74) is 2.45. The van der Waals surface area contributed by atoms with Crippen LogP contribution in [0.25, 0.3) is 22.0 Å². The lowest BCUT2D eigenvalue weighted by molar-refractivity contribution is 0.621. The third kappa shape index (κ3) is 2.54. The monoisotopic (exact) mass is 271 g/mol. The molecule has 0 saturated heterocycles. The Morgan fingerprint density at radius 1 is 1.15 bits per heavy atom. The van der Waals surface area contributed by atoms with Gasteiger partial charge in [-0.1, -0.05) is 19.9 Å². The van der Waals surface area contributed by atoms with Gasteiger partial charge in [-0.05, 0) is 30.0 Å². The third-order valence-electron chi connectivity index (χ3n) is 3.11. The molecule has 104 valence electrons. The number of fused-ring (bicyclic) bond motifs is 1. The van der Waals surface area contributed by atoms with Crippen LogP contribution in [0.3, 0.4) is 0 Å². The molecule has 0 spiro atoms. The van der Waals surface area contributed by atoms with Gasteiger partial charge in [-0.25, -0.2) is 4.39 Å². The van der Waals surface area contributed by atoms with E-state index in [4.69, 9.17) is 0 Å². The molecule has 20 heavy (non-hydrogen) atoms. The number of hydrogen-bond acceptors (Lipinski definition) is 2. The number of aryl methyl sites for hydroxylation is 2. The number of pyridine rings is 1. The molecule has 0 amide bonds. The molecule has 0 unspecified atom stereocenters. The summed E-state index contributed by atoms with van der Waals surface area (Å²) < 4.78 is 15.2. The molecule has 3 rings (SSSR count). The first-order valence-corrected chi connectivity index (χ1v) is 6.69. The van der Waals surface area contributed by atoms with Gasteiger partial charge in [0.15, 0.2) is 0 Å². The van der Waals surface area contributed by atoms with E-state index >= 15 is 0 Å². The van der Waals surface area contributed by atoms with E-state index < -0.39 is 0 Å². The Labute approximate surface area is 118 Å². The van der Waals surface area contributed by atoms with Crippen molar-refractivity contribution in [3.8, 4) is 11.3 Å². The van der Waals surface area contributed by atoms with Crippen LogP contribution in [0.2, 0.25) is 0 Å². The molecule has 2 heterocycles. The van der Waals surface area contributed by atoms with Crippen LogP contribution >= 0.6 is 0 Å². The zero-order chi connectivity index (χ0) is 14.7. The van der Waals surface area contributed by atoms with Crippen molar-refractivity contribution in [1.82, 2.24) is 14.8 Å². The summed E-state index contributed by atoms with van der Waals surface area (Å²) in [5.74, 6) is -0.196. The van der Waals surface area contributed by atoms with Gasteiger partial charge in [0.1, 0.15) is 5.82 Å². The highest BCUT2D eigenvalue weighted by Gasteiger charge is 2.07. The highest BCUT2D eigenvalue weighted by atomic mass is 19.1. The first-order valence-electron chi connectivity index (χ1n) is 6.69. The molecule has 0 fully saturated rings. The summed E-state index contributed by atoms with van der Waals surface area (Å²) in [6.45, 7) is 5.77. The van der Waals surface area contributed by atoms with Gasteiger partial charge in [0, 0.05) is 30.4 Å². The van der Waals surface area contributed by atoms with E-state index in [1.165, 1.54) is 6.07 Å². The number of halogens is 1. The van der Waals surface area contributed by atoms with Crippen LogP contribution in [0.1, 0.15) is 19.4 Å². The molecule has 0 radical (unpaired) electrons. The Balaban J connectivity index is 0.000000704. The fraction of sp³-hybridized carbons (Fsp3) is 0.250. The number of aromatic nitrogens is 3. The Morgan fingerprint density at radius 2 is 1.90 bits per heavy atom. The summed E-state index contributed by atoms with van der Waals surface area (Å²) in [7, 11) is 1.87. The Morgan fingerprint density at radius 3 is 2.55 bits per heavy atom. The normalized spacial score (nSPS) is 10.2. The van der Waals surface area contributed by atoms with Gasteiger partial charge in [0.05, 0.1) is 11.9 Å². The summed E-state index contributed by atoms with van der Waals surface area (Å²) in [6, 6.07) is 5.22. The second kappa shape index (κ2) is 5.82. The molecule has 0 aliphatic carbocycles. The minimum atomic E-state index is -0.196. The van der Waals surface area contributed by atoms with Crippen molar-refractivity contribution in [3.05, 3.63) is 48.2 Å². The van der Waals surface area contributed by atoms with Gasteiger partial charge in [-0.15, -0.1) is 0 Å². The topological polar surface area (TPSA) is 30.7 Å². The molecule has 0 N–H and O–H groups in total. The third-order valence-corrected chi connectivity index (χ3v) is 3.11. The predicted octanol–water partition coefficient (Wildman–Crippen LogP) is 4.11. The highest BCUT2D eigenvalue weighted by Crippen LogP contribution is 2.24. The van der Waals surface area contributed by atoms with Crippen LogP contribution in [-0.4, -0.2) is 14.8 Å². The molecule has 0 atom stereocenters. The van der Waals surface area contributed by atoms with Gasteiger partial charge in [-0.3, -0.25) is 9.67 Å². The molecule has 0 aliphatic rings. The molecule has 0 saturated carbocycles. The van der Waals surface area contributed by atoms with E-state index in [2.05, 4.69) is 10.1 Å². The second-order valence-corrected chi connectivity index (χ2v) is 4.37. The molecule has 0 bridgehead atoms. The summed E-state index contributed by atoms with van der Waals surface area (Å²) in [4.78, 5) is 4.37. The Bertz CT molecular complexity index is 732. The number of nitrogens with zero attached hydrogens (tertiary/aromatic N) is 3. The van der Waals surface area contributed by atoms with Crippen molar-refractivity contribution < 1.29 is 4.39 Å². The van der Waals surface area contributed by atoms with Crippen LogP contribution in [0.5, 0.6) is 0 Å². The first kappa shape index (κ1) is 14.2. The molecule has 3 aromatic rings. The second-order valence-electron chi connectivity index (χ2n) is 4.37. The number of rotatable bonds is 1. The lowest BCUT2D eigenvalue weighted by atomic mass is 10.1. The molecule has 0 aliphatic heterocycles. The predicted molar refractivity (Wildman–Crippen MR) is 80.0 cm³/mol. The fourth-order valence-corrected chi connectivity index (χ4v) is 2.05. The molecular formula is C16H18FN3. The maximum atomic E-state index is 13.4. The van der Waals surface area contributed by atoms with Crippen molar-refractivity contribution in [2.24, 2.45) is 7.05 Å². The fourth-order valence-electron chi connectivity index (χ4n) is 2.05. The molecule has 4 heteroatoms. The van der Waals surface area contributed by atoms with Gasteiger partial charge in [-0.2, -0.15) is 5.10 Å². The van der Waals surface area contributed by atoms with E-state index in [0.717, 1.165) is 22.0 Å². The molecular weight excluding hydrogens is 253 g/mol. The number of benzene rings is 1. The average Bonchev–Trinajstić information content (AvgIpc) is 2.91. The van der Waals surface area contributed by atoms with Crippen molar-refractivity contribution in [2.45, 2.75) is 20.8 Å². The lowest BCUT2D eigenvalue weighted by Crippen LogP contribution is -1.88. The molecule has 3 nitrogen and oxygen atoms in total.